The maximum atomic E-state index is 12.5. The van der Waals surface area contributed by atoms with Crippen molar-refractivity contribution in [2.45, 2.75) is 30.4 Å². The Kier molecular flexibility index (Phi) is 3.96. The Hall–Kier alpha value is -0.730. The number of rotatable bonds is 3. The molecule has 1 aliphatic carbocycles. The predicted molar refractivity (Wildman–Crippen MR) is 86.0 cm³/mol. The summed E-state index contributed by atoms with van der Waals surface area (Å²) in [6.45, 7) is 1.77. The van der Waals surface area contributed by atoms with E-state index in [0.29, 0.717) is 6.42 Å². The van der Waals surface area contributed by atoms with E-state index in [1.54, 1.807) is 13.0 Å². The first-order valence-electron chi connectivity index (χ1n) is 6.42. The fourth-order valence-electron chi connectivity index (χ4n) is 2.64. The number of fused-ring (bicyclic) bond motifs is 1. The molecule has 0 saturated heterocycles. The molecule has 7 heteroatoms. The van der Waals surface area contributed by atoms with Gasteiger partial charge in [-0.15, -0.1) is 11.3 Å². The van der Waals surface area contributed by atoms with E-state index in [9.17, 15) is 13.5 Å². The molecule has 0 radical (unpaired) electrons. The van der Waals surface area contributed by atoms with Gasteiger partial charge in [-0.1, -0.05) is 24.3 Å². The monoisotopic (exact) mass is 387 g/mol. The first-order valence-corrected chi connectivity index (χ1v) is 9.52. The van der Waals surface area contributed by atoms with E-state index in [1.165, 1.54) is 11.3 Å². The van der Waals surface area contributed by atoms with Crippen molar-refractivity contribution in [1.82, 2.24) is 4.72 Å². The minimum atomic E-state index is -3.66. The van der Waals surface area contributed by atoms with E-state index < -0.39 is 22.2 Å². The van der Waals surface area contributed by atoms with Crippen molar-refractivity contribution in [3.05, 3.63) is 50.1 Å². The third kappa shape index (κ3) is 2.80. The highest BCUT2D eigenvalue weighted by atomic mass is 79.9. The lowest BCUT2D eigenvalue weighted by atomic mass is 10.1. The van der Waals surface area contributed by atoms with E-state index in [-0.39, 0.29) is 4.90 Å². The highest BCUT2D eigenvalue weighted by Crippen LogP contribution is 2.34. The number of thiophene rings is 1. The lowest BCUT2D eigenvalue weighted by Crippen LogP contribution is -2.34. The van der Waals surface area contributed by atoms with Crippen LogP contribution in [0.3, 0.4) is 0 Å². The molecule has 4 nitrogen and oxygen atoms in total. The summed E-state index contributed by atoms with van der Waals surface area (Å²) >= 11 is 4.68. The van der Waals surface area contributed by atoms with Crippen LogP contribution in [0.25, 0.3) is 0 Å². The van der Waals surface area contributed by atoms with Crippen molar-refractivity contribution >= 4 is 37.3 Å². The summed E-state index contributed by atoms with van der Waals surface area (Å²) < 4.78 is 28.5. The van der Waals surface area contributed by atoms with Crippen molar-refractivity contribution in [1.29, 1.82) is 0 Å². The van der Waals surface area contributed by atoms with E-state index in [0.717, 1.165) is 19.8 Å². The van der Waals surface area contributed by atoms with Crippen LogP contribution in [-0.2, 0) is 16.4 Å². The number of halogens is 1. The molecule has 2 unspecified atom stereocenters. The summed E-state index contributed by atoms with van der Waals surface area (Å²) in [5, 5.41) is 10.2. The van der Waals surface area contributed by atoms with E-state index in [2.05, 4.69) is 20.7 Å². The average Bonchev–Trinajstić information content (AvgIpc) is 2.91. The van der Waals surface area contributed by atoms with Crippen molar-refractivity contribution in [3.63, 3.8) is 0 Å². The van der Waals surface area contributed by atoms with Gasteiger partial charge in [0.1, 0.15) is 0 Å². The van der Waals surface area contributed by atoms with Crippen LogP contribution >= 0.6 is 27.3 Å². The Morgan fingerprint density at radius 1 is 1.38 bits per heavy atom. The molecule has 0 aliphatic heterocycles. The second-order valence-electron chi connectivity index (χ2n) is 5.04. The third-order valence-corrected chi connectivity index (χ3v) is 6.87. The number of sulfonamides is 1. The Morgan fingerprint density at radius 3 is 2.76 bits per heavy atom. The number of aliphatic hydroxyl groups excluding tert-OH is 1. The molecule has 3 rings (SSSR count). The van der Waals surface area contributed by atoms with Gasteiger partial charge in [0, 0.05) is 11.3 Å². The lowest BCUT2D eigenvalue weighted by molar-refractivity contribution is 0.151. The maximum absolute atomic E-state index is 12.5. The van der Waals surface area contributed by atoms with Crippen LogP contribution in [0.5, 0.6) is 0 Å². The predicted octanol–water partition coefficient (Wildman–Crippen LogP) is 2.76. The Balaban J connectivity index is 1.95. The van der Waals surface area contributed by atoms with Crippen LogP contribution in [-0.4, -0.2) is 19.6 Å². The molecule has 2 aromatic rings. The first-order chi connectivity index (χ1) is 9.88. The Labute approximate surface area is 136 Å². The lowest BCUT2D eigenvalue weighted by Gasteiger charge is -2.18. The van der Waals surface area contributed by atoms with Gasteiger partial charge in [0.05, 0.1) is 20.8 Å². The minimum absolute atomic E-state index is 0.260. The molecular formula is C14H14BrNO3S2. The summed E-state index contributed by atoms with van der Waals surface area (Å²) in [5.74, 6) is 0. The van der Waals surface area contributed by atoms with Crippen LogP contribution < -0.4 is 4.72 Å². The van der Waals surface area contributed by atoms with Gasteiger partial charge >= 0.3 is 0 Å². The summed E-state index contributed by atoms with van der Waals surface area (Å²) in [6.07, 6.45) is -0.269. The van der Waals surface area contributed by atoms with Gasteiger partial charge in [0.25, 0.3) is 0 Å². The van der Waals surface area contributed by atoms with Crippen LogP contribution in [0.1, 0.15) is 22.0 Å². The first kappa shape index (κ1) is 15.2. The molecule has 0 spiro atoms. The highest BCUT2D eigenvalue weighted by molar-refractivity contribution is 9.11. The van der Waals surface area contributed by atoms with Gasteiger partial charge in [-0.2, -0.15) is 0 Å². The zero-order chi connectivity index (χ0) is 15.2. The fraction of sp³-hybridized carbons (Fsp3) is 0.286. The maximum Gasteiger partial charge on any atom is 0.242 e. The largest absolute Gasteiger partial charge is 0.391 e. The molecule has 1 aliphatic rings. The van der Waals surface area contributed by atoms with Gasteiger partial charge in [0.2, 0.25) is 10.0 Å². The Bertz CT molecular complexity index is 785. The average molecular weight is 388 g/mol. The normalized spacial score (nSPS) is 21.5. The number of aliphatic hydroxyl groups is 1. The summed E-state index contributed by atoms with van der Waals surface area (Å²) in [7, 11) is -3.66. The summed E-state index contributed by atoms with van der Waals surface area (Å²) in [4.78, 5) is 0.978. The zero-order valence-electron chi connectivity index (χ0n) is 11.2. The fourth-order valence-corrected chi connectivity index (χ4v) is 6.31. The molecule has 0 fully saturated rings. The molecule has 1 aromatic carbocycles. The van der Waals surface area contributed by atoms with Gasteiger partial charge < -0.3 is 5.11 Å². The number of hydrogen-bond donors (Lipinski definition) is 2. The molecular weight excluding hydrogens is 374 g/mol. The molecule has 0 amide bonds. The van der Waals surface area contributed by atoms with Crippen molar-refractivity contribution in [2.75, 3.05) is 0 Å². The quantitative estimate of drug-likeness (QED) is 0.850. The highest BCUT2D eigenvalue weighted by Gasteiger charge is 2.34. The van der Waals surface area contributed by atoms with Gasteiger partial charge in [-0.3, -0.25) is 0 Å². The number of aryl methyl sites for hydroxylation is 1. The van der Waals surface area contributed by atoms with Crippen molar-refractivity contribution in [2.24, 2.45) is 0 Å². The molecule has 21 heavy (non-hydrogen) atoms. The minimum Gasteiger partial charge on any atom is -0.391 e. The van der Waals surface area contributed by atoms with Crippen LogP contribution in [0.4, 0.5) is 0 Å². The molecule has 0 saturated carbocycles. The standard InChI is InChI=1S/C14H14BrNO3S2/c1-8-12(7-13(15)20-8)21(18,19)16-14-10-5-3-2-4-9(10)6-11(14)17/h2-5,7,11,14,16-17H,6H2,1H3. The summed E-state index contributed by atoms with van der Waals surface area (Å²) in [6, 6.07) is 8.52. The second-order valence-corrected chi connectivity index (χ2v) is 9.36. The van der Waals surface area contributed by atoms with Gasteiger partial charge in [0.15, 0.2) is 0 Å². The molecule has 2 atom stereocenters. The molecule has 1 aromatic heterocycles. The molecule has 2 N–H and O–H groups in total. The van der Waals surface area contributed by atoms with E-state index in [4.69, 9.17) is 0 Å². The zero-order valence-corrected chi connectivity index (χ0v) is 14.4. The number of benzene rings is 1. The smallest absolute Gasteiger partial charge is 0.242 e. The second kappa shape index (κ2) is 5.48. The van der Waals surface area contributed by atoms with Crippen LogP contribution in [0, 0.1) is 6.92 Å². The molecule has 0 bridgehead atoms. The van der Waals surface area contributed by atoms with Crippen LogP contribution in [0.2, 0.25) is 0 Å². The van der Waals surface area contributed by atoms with Crippen LogP contribution in [0.15, 0.2) is 39.0 Å². The number of hydrogen-bond acceptors (Lipinski definition) is 4. The van der Waals surface area contributed by atoms with Gasteiger partial charge in [-0.05, 0) is 40.0 Å². The summed E-state index contributed by atoms with van der Waals surface area (Å²) in [5.41, 5.74) is 1.83. The van der Waals surface area contributed by atoms with Gasteiger partial charge in [-0.25, -0.2) is 13.1 Å². The number of nitrogens with one attached hydrogen (secondary N) is 1. The van der Waals surface area contributed by atoms with E-state index >= 15 is 0 Å². The molecule has 1 heterocycles. The third-order valence-electron chi connectivity index (χ3n) is 3.62. The van der Waals surface area contributed by atoms with Crippen molar-refractivity contribution in [3.8, 4) is 0 Å². The van der Waals surface area contributed by atoms with Crippen molar-refractivity contribution < 1.29 is 13.5 Å². The van der Waals surface area contributed by atoms with E-state index in [1.807, 2.05) is 24.3 Å². The molecule has 112 valence electrons. The Morgan fingerprint density at radius 2 is 2.10 bits per heavy atom. The SMILES string of the molecule is Cc1sc(Br)cc1S(=O)(=O)NC1c2ccccc2CC1O. The topological polar surface area (TPSA) is 66.4 Å².